The van der Waals surface area contributed by atoms with Gasteiger partial charge in [0.25, 0.3) is 11.5 Å². The molecule has 8 heteroatoms. The Bertz CT molecular complexity index is 830. The number of piperidine rings is 1. The first kappa shape index (κ1) is 16.1. The molecule has 2 aromatic heterocycles. The summed E-state index contributed by atoms with van der Waals surface area (Å²) >= 11 is 0. The van der Waals surface area contributed by atoms with Gasteiger partial charge in [-0.1, -0.05) is 6.92 Å². The molecule has 0 saturated carbocycles. The Hall–Kier alpha value is -2.77. The van der Waals surface area contributed by atoms with E-state index in [2.05, 4.69) is 15.3 Å². The van der Waals surface area contributed by atoms with Crippen LogP contribution in [0.3, 0.4) is 0 Å². The number of H-pyrrole nitrogens is 2. The van der Waals surface area contributed by atoms with Crippen LogP contribution >= 0.6 is 0 Å². The third kappa shape index (κ3) is 2.99. The minimum atomic E-state index is -0.899. The molecule has 8 nitrogen and oxygen atoms in total. The lowest BCUT2D eigenvalue weighted by Gasteiger charge is -2.38. The van der Waals surface area contributed by atoms with Crippen molar-refractivity contribution in [1.82, 2.24) is 20.2 Å². The van der Waals surface area contributed by atoms with E-state index in [1.165, 1.54) is 11.1 Å². The van der Waals surface area contributed by atoms with Crippen molar-refractivity contribution in [3.63, 3.8) is 0 Å². The molecule has 2 aromatic rings. The van der Waals surface area contributed by atoms with Crippen molar-refractivity contribution in [2.45, 2.75) is 19.8 Å². The summed E-state index contributed by atoms with van der Waals surface area (Å²) in [5, 5.41) is 12.5. The minimum absolute atomic E-state index is 0.138. The normalized spacial score (nSPS) is 17.0. The van der Waals surface area contributed by atoms with Gasteiger partial charge in [-0.15, -0.1) is 0 Å². The molecular weight excluding hydrogens is 312 g/mol. The maximum absolute atomic E-state index is 12.5. The maximum Gasteiger partial charge on any atom is 0.407 e. The maximum atomic E-state index is 12.5. The Labute approximate surface area is 137 Å². The fourth-order valence-electron chi connectivity index (χ4n) is 3.06. The second-order valence-corrected chi connectivity index (χ2v) is 6.56. The number of nitrogens with one attached hydrogen (secondary N) is 3. The van der Waals surface area contributed by atoms with Gasteiger partial charge < -0.3 is 25.3 Å². The van der Waals surface area contributed by atoms with E-state index in [1.54, 1.807) is 12.3 Å². The Morgan fingerprint density at radius 3 is 2.71 bits per heavy atom. The summed E-state index contributed by atoms with van der Waals surface area (Å²) < 4.78 is 0. The number of carboxylic acid groups (broad SMARTS) is 1. The van der Waals surface area contributed by atoms with Crippen LogP contribution in [0.1, 0.15) is 30.1 Å². The molecule has 0 atom stereocenters. The van der Waals surface area contributed by atoms with Gasteiger partial charge in [0.1, 0.15) is 5.52 Å². The van der Waals surface area contributed by atoms with E-state index in [0.717, 1.165) is 0 Å². The number of carbonyl (C=O) groups is 2. The molecule has 1 fully saturated rings. The third-order valence-electron chi connectivity index (χ3n) is 4.77. The first-order valence-corrected chi connectivity index (χ1v) is 7.84. The van der Waals surface area contributed by atoms with Crippen LogP contribution in [0.4, 0.5) is 4.79 Å². The molecule has 0 aromatic carbocycles. The van der Waals surface area contributed by atoms with E-state index in [-0.39, 0.29) is 16.9 Å². The Balaban J connectivity index is 1.67. The molecule has 0 spiro atoms. The average molecular weight is 332 g/mol. The van der Waals surface area contributed by atoms with Gasteiger partial charge in [0.15, 0.2) is 0 Å². The Morgan fingerprint density at radius 2 is 2.04 bits per heavy atom. The van der Waals surface area contributed by atoms with Crippen LogP contribution < -0.4 is 10.9 Å². The predicted octanol–water partition coefficient (Wildman–Crippen LogP) is 1.37. The second-order valence-electron chi connectivity index (χ2n) is 6.56. The van der Waals surface area contributed by atoms with Crippen LogP contribution in [-0.2, 0) is 0 Å². The standard InChI is InChI=1S/C16H20N4O4/c1-16(3-6-20(7-4-16)15(23)24)9-19-13(21)11-8-18-14(22)12-10(11)2-5-17-12/h2,5,8,17H,3-4,6-7,9H2,1H3,(H,18,22)(H,19,21)(H,23,24). The molecule has 0 unspecified atom stereocenters. The molecular formula is C16H20N4O4. The Kier molecular flexibility index (Phi) is 4.04. The van der Waals surface area contributed by atoms with Crippen molar-refractivity contribution >= 4 is 22.9 Å². The number of rotatable bonds is 3. The number of amides is 2. The summed E-state index contributed by atoms with van der Waals surface area (Å²) in [7, 11) is 0. The van der Waals surface area contributed by atoms with Gasteiger partial charge in [0.05, 0.1) is 5.56 Å². The lowest BCUT2D eigenvalue weighted by Crippen LogP contribution is -2.46. The van der Waals surface area contributed by atoms with Crippen molar-refractivity contribution in [2.75, 3.05) is 19.6 Å². The van der Waals surface area contributed by atoms with Crippen molar-refractivity contribution in [1.29, 1.82) is 0 Å². The molecule has 3 rings (SSSR count). The van der Waals surface area contributed by atoms with E-state index in [9.17, 15) is 14.4 Å². The number of nitrogens with zero attached hydrogens (tertiary/aromatic N) is 1. The van der Waals surface area contributed by atoms with Crippen LogP contribution in [0, 0.1) is 5.41 Å². The molecule has 0 radical (unpaired) electrons. The lowest BCUT2D eigenvalue weighted by molar-refractivity contribution is 0.0834. The van der Waals surface area contributed by atoms with Gasteiger partial charge >= 0.3 is 6.09 Å². The van der Waals surface area contributed by atoms with Gasteiger partial charge in [-0.25, -0.2) is 4.79 Å². The van der Waals surface area contributed by atoms with E-state index < -0.39 is 6.09 Å². The topological polar surface area (TPSA) is 118 Å². The monoisotopic (exact) mass is 332 g/mol. The molecule has 0 aliphatic carbocycles. The highest BCUT2D eigenvalue weighted by Gasteiger charge is 2.32. The van der Waals surface area contributed by atoms with Gasteiger partial charge in [0.2, 0.25) is 0 Å². The largest absolute Gasteiger partial charge is 0.465 e. The van der Waals surface area contributed by atoms with E-state index in [4.69, 9.17) is 5.11 Å². The lowest BCUT2D eigenvalue weighted by atomic mass is 9.80. The van der Waals surface area contributed by atoms with Crippen LogP contribution in [0.2, 0.25) is 0 Å². The van der Waals surface area contributed by atoms with Gasteiger partial charge in [-0.2, -0.15) is 0 Å². The number of fused-ring (bicyclic) bond motifs is 1. The van der Waals surface area contributed by atoms with Crippen LogP contribution in [0.15, 0.2) is 23.3 Å². The zero-order valence-corrected chi connectivity index (χ0v) is 13.4. The number of aromatic amines is 2. The highest BCUT2D eigenvalue weighted by Crippen LogP contribution is 2.30. The van der Waals surface area contributed by atoms with Crippen LogP contribution in [0.5, 0.6) is 0 Å². The summed E-state index contributed by atoms with van der Waals surface area (Å²) in [5.41, 5.74) is 0.391. The molecule has 128 valence electrons. The van der Waals surface area contributed by atoms with Crippen molar-refractivity contribution in [2.24, 2.45) is 5.41 Å². The highest BCUT2D eigenvalue weighted by molar-refractivity contribution is 6.05. The summed E-state index contributed by atoms with van der Waals surface area (Å²) in [6, 6.07) is 1.70. The molecule has 24 heavy (non-hydrogen) atoms. The molecule has 1 saturated heterocycles. The van der Waals surface area contributed by atoms with Crippen molar-refractivity contribution < 1.29 is 14.7 Å². The second kappa shape index (κ2) is 6.03. The van der Waals surface area contributed by atoms with Gasteiger partial charge in [-0.3, -0.25) is 9.59 Å². The van der Waals surface area contributed by atoms with Crippen molar-refractivity contribution in [3.8, 4) is 0 Å². The number of pyridine rings is 1. The summed E-state index contributed by atoms with van der Waals surface area (Å²) in [6.45, 7) is 3.46. The Morgan fingerprint density at radius 1 is 1.33 bits per heavy atom. The smallest absolute Gasteiger partial charge is 0.407 e. The molecule has 1 aliphatic rings. The number of likely N-dealkylation sites (tertiary alicyclic amines) is 1. The van der Waals surface area contributed by atoms with Crippen LogP contribution in [0.25, 0.3) is 10.9 Å². The zero-order valence-electron chi connectivity index (χ0n) is 13.4. The zero-order chi connectivity index (χ0) is 17.3. The molecule has 1 aliphatic heterocycles. The van der Waals surface area contributed by atoms with Crippen LogP contribution in [-0.4, -0.2) is 51.6 Å². The van der Waals surface area contributed by atoms with Crippen molar-refractivity contribution in [3.05, 3.63) is 34.4 Å². The SMILES string of the molecule is CC1(CNC(=O)c2c[nH]c(=O)c3[nH]ccc23)CCN(C(=O)O)CC1. The quantitative estimate of drug-likeness (QED) is 0.678. The predicted molar refractivity (Wildman–Crippen MR) is 88.2 cm³/mol. The summed E-state index contributed by atoms with van der Waals surface area (Å²) in [5.74, 6) is -0.252. The number of aromatic nitrogens is 2. The molecule has 3 heterocycles. The first-order valence-electron chi connectivity index (χ1n) is 7.84. The highest BCUT2D eigenvalue weighted by atomic mass is 16.4. The summed E-state index contributed by atoms with van der Waals surface area (Å²) in [4.78, 5) is 41.9. The molecule has 0 bridgehead atoms. The minimum Gasteiger partial charge on any atom is -0.465 e. The fourth-order valence-corrected chi connectivity index (χ4v) is 3.06. The molecule has 4 N–H and O–H groups in total. The fraction of sp³-hybridized carbons (Fsp3) is 0.438. The third-order valence-corrected chi connectivity index (χ3v) is 4.77. The number of hydrogen-bond donors (Lipinski definition) is 4. The summed E-state index contributed by atoms with van der Waals surface area (Å²) in [6.07, 6.45) is 3.54. The van der Waals surface area contributed by atoms with E-state index >= 15 is 0 Å². The van der Waals surface area contributed by atoms with Gasteiger partial charge in [-0.05, 0) is 24.3 Å². The first-order chi connectivity index (χ1) is 11.4. The van der Waals surface area contributed by atoms with Gasteiger partial charge in [0, 0.05) is 37.4 Å². The van der Waals surface area contributed by atoms with E-state index in [1.807, 2.05) is 6.92 Å². The van der Waals surface area contributed by atoms with E-state index in [0.29, 0.717) is 48.9 Å². The number of hydrogen-bond acceptors (Lipinski definition) is 3. The average Bonchev–Trinajstić information content (AvgIpc) is 3.04. The number of carbonyl (C=O) groups excluding carboxylic acids is 1. The molecule has 2 amide bonds.